The average Bonchev–Trinajstić information content (AvgIpc) is 3.18. The molecular formula is C35H32N2O5. The number of carboxylic acid groups (broad SMARTS) is 1. The zero-order valence-corrected chi connectivity index (χ0v) is 23.2. The number of hydrogen-bond acceptors (Lipinski definition) is 6. The number of nitrogens with zero attached hydrogens (tertiary/aromatic N) is 2. The molecule has 2 N–H and O–H groups in total. The Bertz CT molecular complexity index is 1650. The van der Waals surface area contributed by atoms with Crippen LogP contribution in [0.3, 0.4) is 0 Å². The summed E-state index contributed by atoms with van der Waals surface area (Å²) >= 11 is 0. The average molecular weight is 561 g/mol. The van der Waals surface area contributed by atoms with Crippen molar-refractivity contribution in [2.75, 3.05) is 19.6 Å². The number of likely N-dealkylation sites (tertiary alicyclic amines) is 1. The van der Waals surface area contributed by atoms with E-state index in [2.05, 4.69) is 16.0 Å². The van der Waals surface area contributed by atoms with Crippen LogP contribution in [0.15, 0.2) is 91.1 Å². The number of piperidine rings is 1. The van der Waals surface area contributed by atoms with Crippen molar-refractivity contribution in [3.63, 3.8) is 0 Å². The van der Waals surface area contributed by atoms with Gasteiger partial charge in [0.05, 0.1) is 11.2 Å². The van der Waals surface area contributed by atoms with E-state index in [9.17, 15) is 14.7 Å². The number of carbonyl (C=O) groups is 2. The maximum Gasteiger partial charge on any atom is 0.335 e. The lowest BCUT2D eigenvalue weighted by atomic mass is 9.84. The second-order valence-electron chi connectivity index (χ2n) is 10.9. The zero-order valence-electron chi connectivity index (χ0n) is 23.2. The molecular weight excluding hydrogens is 528 g/mol. The van der Waals surface area contributed by atoms with Gasteiger partial charge in [0.2, 0.25) is 5.88 Å². The van der Waals surface area contributed by atoms with Crippen molar-refractivity contribution in [1.29, 1.82) is 0 Å². The van der Waals surface area contributed by atoms with Crippen LogP contribution in [0.1, 0.15) is 56.7 Å². The van der Waals surface area contributed by atoms with E-state index >= 15 is 0 Å². The molecule has 7 nitrogen and oxygen atoms in total. The summed E-state index contributed by atoms with van der Waals surface area (Å²) in [6.07, 6.45) is 7.52. The van der Waals surface area contributed by atoms with Crippen LogP contribution >= 0.6 is 0 Å². The van der Waals surface area contributed by atoms with E-state index in [4.69, 9.17) is 9.84 Å². The summed E-state index contributed by atoms with van der Waals surface area (Å²) in [4.78, 5) is 29.9. The number of carboxylic acids is 1. The molecule has 0 aliphatic carbocycles. The van der Waals surface area contributed by atoms with Gasteiger partial charge in [0, 0.05) is 48.9 Å². The summed E-state index contributed by atoms with van der Waals surface area (Å²) in [7, 11) is 0. The van der Waals surface area contributed by atoms with E-state index in [1.54, 1.807) is 30.5 Å². The minimum Gasteiger partial charge on any atom is -0.478 e. The Hall–Kier alpha value is -4.59. The van der Waals surface area contributed by atoms with Gasteiger partial charge in [-0.1, -0.05) is 54.6 Å². The first-order valence-electron chi connectivity index (χ1n) is 14.2. The fourth-order valence-corrected chi connectivity index (χ4v) is 6.01. The van der Waals surface area contributed by atoms with Crippen LogP contribution in [-0.2, 0) is 12.0 Å². The van der Waals surface area contributed by atoms with Gasteiger partial charge in [0.15, 0.2) is 6.29 Å². The van der Waals surface area contributed by atoms with Gasteiger partial charge >= 0.3 is 5.97 Å². The number of aromatic nitrogens is 1. The predicted molar refractivity (Wildman–Crippen MR) is 161 cm³/mol. The first kappa shape index (κ1) is 27.6. The number of ether oxygens (including phenoxy) is 1. The van der Waals surface area contributed by atoms with Crippen LogP contribution in [0.5, 0.6) is 11.6 Å². The first-order valence-corrected chi connectivity index (χ1v) is 14.2. The van der Waals surface area contributed by atoms with Crippen molar-refractivity contribution < 1.29 is 24.5 Å². The van der Waals surface area contributed by atoms with Crippen LogP contribution < -0.4 is 4.74 Å². The highest BCUT2D eigenvalue weighted by atomic mass is 16.5. The third-order valence-corrected chi connectivity index (χ3v) is 8.39. The largest absolute Gasteiger partial charge is 0.478 e. The molecule has 3 aromatic carbocycles. The molecule has 7 heteroatoms. The number of aldehydes is 1. The van der Waals surface area contributed by atoms with Gasteiger partial charge in [0.1, 0.15) is 5.75 Å². The Balaban J connectivity index is 1.20. The number of rotatable bonds is 7. The first-order chi connectivity index (χ1) is 20.4. The maximum absolute atomic E-state index is 11.8. The number of allylic oxidation sites excluding steroid dienone is 1. The monoisotopic (exact) mass is 560 g/mol. The van der Waals surface area contributed by atoms with Crippen molar-refractivity contribution in [3.05, 3.63) is 119 Å². The quantitative estimate of drug-likeness (QED) is 0.254. The molecule has 4 aromatic rings. The van der Waals surface area contributed by atoms with Gasteiger partial charge in [-0.3, -0.25) is 4.79 Å². The van der Waals surface area contributed by atoms with E-state index in [0.717, 1.165) is 71.5 Å². The molecule has 0 atom stereocenters. The minimum atomic E-state index is -0.971. The smallest absolute Gasteiger partial charge is 0.335 e. The summed E-state index contributed by atoms with van der Waals surface area (Å²) in [5.41, 5.74) is 5.63. The number of pyridine rings is 1. The van der Waals surface area contributed by atoms with Crippen LogP contribution in [-0.4, -0.2) is 52.0 Å². The van der Waals surface area contributed by atoms with Crippen molar-refractivity contribution in [2.45, 2.75) is 31.3 Å². The topological polar surface area (TPSA) is 100.0 Å². The fraction of sp³-hybridized carbons (Fsp3) is 0.229. The van der Waals surface area contributed by atoms with Crippen LogP contribution in [0.4, 0.5) is 0 Å². The molecule has 212 valence electrons. The van der Waals surface area contributed by atoms with Gasteiger partial charge in [0.25, 0.3) is 0 Å². The van der Waals surface area contributed by atoms with E-state index < -0.39 is 11.6 Å². The Morgan fingerprint density at radius 2 is 1.67 bits per heavy atom. The molecule has 2 aliphatic rings. The molecule has 0 saturated carbocycles. The third-order valence-electron chi connectivity index (χ3n) is 8.39. The summed E-state index contributed by atoms with van der Waals surface area (Å²) < 4.78 is 6.34. The van der Waals surface area contributed by atoms with Gasteiger partial charge in [-0.25, -0.2) is 9.78 Å². The maximum atomic E-state index is 11.8. The molecule has 3 heterocycles. The van der Waals surface area contributed by atoms with Crippen molar-refractivity contribution in [3.8, 4) is 22.8 Å². The molecule has 6 rings (SSSR count). The lowest BCUT2D eigenvalue weighted by Gasteiger charge is -2.38. The van der Waals surface area contributed by atoms with Crippen molar-refractivity contribution >= 4 is 17.8 Å². The van der Waals surface area contributed by atoms with E-state index in [1.165, 1.54) is 0 Å². The van der Waals surface area contributed by atoms with Gasteiger partial charge in [-0.05, 0) is 71.9 Å². The van der Waals surface area contributed by atoms with Gasteiger partial charge < -0.3 is 19.8 Å². The summed E-state index contributed by atoms with van der Waals surface area (Å²) in [6, 6.07) is 24.1. The normalized spacial score (nSPS) is 17.0. The lowest BCUT2D eigenvalue weighted by molar-refractivity contribution is -0.0254. The zero-order chi connectivity index (χ0) is 29.1. The minimum absolute atomic E-state index is 0.219. The molecule has 1 aromatic heterocycles. The fourth-order valence-electron chi connectivity index (χ4n) is 6.01. The molecule has 1 saturated heterocycles. The molecule has 0 unspecified atom stereocenters. The summed E-state index contributed by atoms with van der Waals surface area (Å²) in [5, 5.41) is 20.5. The number of hydrogen-bond donors (Lipinski definition) is 2. The van der Waals surface area contributed by atoms with Gasteiger partial charge in [-0.2, -0.15) is 0 Å². The van der Waals surface area contributed by atoms with Crippen LogP contribution in [0, 0.1) is 0 Å². The second kappa shape index (κ2) is 11.7. The van der Waals surface area contributed by atoms with E-state index in [1.807, 2.05) is 54.6 Å². The van der Waals surface area contributed by atoms with Gasteiger partial charge in [-0.15, -0.1) is 0 Å². The van der Waals surface area contributed by atoms with E-state index in [-0.39, 0.29) is 5.56 Å². The van der Waals surface area contributed by atoms with Crippen LogP contribution in [0.2, 0.25) is 0 Å². The highest BCUT2D eigenvalue weighted by Gasteiger charge is 2.34. The Labute approximate surface area is 244 Å². The number of aromatic carboxylic acids is 1. The van der Waals surface area contributed by atoms with Crippen LogP contribution in [0.25, 0.3) is 16.7 Å². The Morgan fingerprint density at radius 1 is 0.929 bits per heavy atom. The summed E-state index contributed by atoms with van der Waals surface area (Å²) in [6.45, 7) is 2.34. The third kappa shape index (κ3) is 5.49. The number of fused-ring (bicyclic) bond motifs is 2. The SMILES string of the molecule is O=Cc1ccccc1-c1cccc2c1CC(=CCCN1CCC(O)(c3ccc(C(=O)O)cc3)CC1)c1cccnc1O2. The number of benzene rings is 3. The number of carbonyl (C=O) groups excluding carboxylic acids is 1. The van der Waals surface area contributed by atoms with Crippen molar-refractivity contribution in [2.24, 2.45) is 0 Å². The highest BCUT2D eigenvalue weighted by molar-refractivity contribution is 5.90. The Kier molecular flexibility index (Phi) is 7.69. The highest BCUT2D eigenvalue weighted by Crippen LogP contribution is 2.42. The van der Waals surface area contributed by atoms with Crippen molar-refractivity contribution in [1.82, 2.24) is 9.88 Å². The molecule has 0 amide bonds. The predicted octanol–water partition coefficient (Wildman–Crippen LogP) is 6.36. The molecule has 0 radical (unpaired) electrons. The molecule has 1 fully saturated rings. The Morgan fingerprint density at radius 3 is 2.43 bits per heavy atom. The second-order valence-corrected chi connectivity index (χ2v) is 10.9. The van der Waals surface area contributed by atoms with E-state index in [0.29, 0.717) is 30.7 Å². The molecule has 42 heavy (non-hydrogen) atoms. The standard InChI is InChI=1S/C35H32N2O5/c38-23-26-6-1-2-8-28(26)30-9-3-11-32-31(30)22-25(29-10-4-18-36-33(29)42-32)7-5-19-37-20-16-35(41,17-21-37)27-14-12-24(13-15-27)34(39)40/h1-4,6-15,18,23,41H,5,16-17,19-22H2,(H,39,40). The molecule has 0 bridgehead atoms. The summed E-state index contributed by atoms with van der Waals surface area (Å²) in [5.74, 6) is 0.338. The molecule has 0 spiro atoms. The molecule has 2 aliphatic heterocycles. The number of aliphatic hydroxyl groups is 1. The lowest BCUT2D eigenvalue weighted by Crippen LogP contribution is -2.42.